The molecule has 0 spiro atoms. The van der Waals surface area contributed by atoms with Gasteiger partial charge in [0.15, 0.2) is 0 Å². The molecule has 0 heterocycles. The maximum atomic E-state index is 2.44. The minimum atomic E-state index is 1.05. The molecule has 0 heteroatoms. The third-order valence-corrected chi connectivity index (χ3v) is 5.51. The van der Waals surface area contributed by atoms with E-state index in [-0.39, 0.29) is 0 Å². The second kappa shape index (κ2) is 4.70. The standard InChI is InChI=1S/C16H27/c1-12-9-15(12)11-16(10-13-5-4-6-13)14-7-2-3-8-14/h12-15H,2-11H2,1H3. The molecule has 3 fully saturated rings. The van der Waals surface area contributed by atoms with Crippen molar-refractivity contribution in [2.24, 2.45) is 23.7 Å². The largest absolute Gasteiger partial charge is 0.0622 e. The van der Waals surface area contributed by atoms with Crippen molar-refractivity contribution < 1.29 is 0 Å². The van der Waals surface area contributed by atoms with Crippen LogP contribution in [-0.4, -0.2) is 0 Å². The molecule has 3 aliphatic rings. The third-order valence-electron chi connectivity index (χ3n) is 5.51. The van der Waals surface area contributed by atoms with Gasteiger partial charge in [0.05, 0.1) is 0 Å². The summed E-state index contributed by atoms with van der Waals surface area (Å²) in [5.41, 5.74) is 0. The van der Waals surface area contributed by atoms with Crippen molar-refractivity contribution in [1.29, 1.82) is 0 Å². The summed E-state index contributed by atoms with van der Waals surface area (Å²) >= 11 is 0. The smallest absolute Gasteiger partial charge is 0.0204 e. The Labute approximate surface area is 101 Å². The third kappa shape index (κ3) is 2.46. The fourth-order valence-corrected chi connectivity index (χ4v) is 3.84. The van der Waals surface area contributed by atoms with Crippen LogP contribution >= 0.6 is 0 Å². The summed E-state index contributed by atoms with van der Waals surface area (Å²) in [6.07, 6.45) is 15.2. The van der Waals surface area contributed by atoms with Crippen LogP contribution in [0.2, 0.25) is 0 Å². The van der Waals surface area contributed by atoms with Gasteiger partial charge in [0.2, 0.25) is 0 Å². The van der Waals surface area contributed by atoms with Crippen LogP contribution in [0.1, 0.15) is 71.1 Å². The van der Waals surface area contributed by atoms with Crippen molar-refractivity contribution in [3.8, 4) is 0 Å². The molecule has 0 aliphatic heterocycles. The van der Waals surface area contributed by atoms with Crippen LogP contribution in [0.3, 0.4) is 0 Å². The molecule has 0 N–H and O–H groups in total. The van der Waals surface area contributed by atoms with E-state index in [1.54, 1.807) is 0 Å². The molecule has 16 heavy (non-hydrogen) atoms. The zero-order valence-corrected chi connectivity index (χ0v) is 10.9. The first-order chi connectivity index (χ1) is 7.83. The zero-order chi connectivity index (χ0) is 11.0. The molecule has 1 radical (unpaired) electrons. The average Bonchev–Trinajstić information content (AvgIpc) is 2.71. The van der Waals surface area contributed by atoms with E-state index < -0.39 is 0 Å². The molecule has 0 aromatic heterocycles. The second-order valence-corrected chi connectivity index (χ2v) is 6.82. The van der Waals surface area contributed by atoms with Crippen LogP contribution in [-0.2, 0) is 0 Å². The van der Waals surface area contributed by atoms with E-state index in [9.17, 15) is 0 Å². The Kier molecular flexibility index (Phi) is 3.27. The van der Waals surface area contributed by atoms with Gasteiger partial charge in [0.1, 0.15) is 0 Å². The zero-order valence-electron chi connectivity index (χ0n) is 10.9. The molecule has 0 bridgehead atoms. The van der Waals surface area contributed by atoms with Crippen molar-refractivity contribution in [3.05, 3.63) is 5.92 Å². The fourth-order valence-electron chi connectivity index (χ4n) is 3.84. The Bertz CT molecular complexity index is 215. The van der Waals surface area contributed by atoms with Crippen molar-refractivity contribution in [1.82, 2.24) is 0 Å². The lowest BCUT2D eigenvalue weighted by Crippen LogP contribution is -2.19. The maximum Gasteiger partial charge on any atom is -0.0204 e. The number of hydrogen-bond acceptors (Lipinski definition) is 0. The summed E-state index contributed by atoms with van der Waals surface area (Å²) in [5.74, 6) is 6.31. The predicted molar refractivity (Wildman–Crippen MR) is 69.0 cm³/mol. The minimum absolute atomic E-state index is 1.05. The number of hydrogen-bond donors (Lipinski definition) is 0. The van der Waals surface area contributed by atoms with E-state index in [0.29, 0.717) is 0 Å². The summed E-state index contributed by atoms with van der Waals surface area (Å²) in [6, 6.07) is 0. The highest BCUT2D eigenvalue weighted by Crippen LogP contribution is 2.50. The molecule has 2 atom stereocenters. The highest BCUT2D eigenvalue weighted by molar-refractivity contribution is 5.05. The van der Waals surface area contributed by atoms with E-state index >= 15 is 0 Å². The quantitative estimate of drug-likeness (QED) is 0.611. The molecule has 0 nitrogen and oxygen atoms in total. The average molecular weight is 219 g/mol. The molecule has 3 aliphatic carbocycles. The van der Waals surface area contributed by atoms with Gasteiger partial charge in [-0.15, -0.1) is 0 Å². The second-order valence-electron chi connectivity index (χ2n) is 6.82. The van der Waals surface area contributed by atoms with Gasteiger partial charge < -0.3 is 0 Å². The topological polar surface area (TPSA) is 0 Å². The first-order valence-corrected chi connectivity index (χ1v) is 7.67. The lowest BCUT2D eigenvalue weighted by atomic mass is 9.73. The van der Waals surface area contributed by atoms with Gasteiger partial charge in [0, 0.05) is 0 Å². The van der Waals surface area contributed by atoms with Crippen molar-refractivity contribution in [3.63, 3.8) is 0 Å². The van der Waals surface area contributed by atoms with Crippen LogP contribution in [0, 0.1) is 29.6 Å². The van der Waals surface area contributed by atoms with Crippen molar-refractivity contribution in [2.75, 3.05) is 0 Å². The summed E-state index contributed by atoms with van der Waals surface area (Å²) in [7, 11) is 0. The van der Waals surface area contributed by atoms with Crippen LogP contribution in [0.25, 0.3) is 0 Å². The minimum Gasteiger partial charge on any atom is -0.0622 e. The van der Waals surface area contributed by atoms with Gasteiger partial charge in [-0.2, -0.15) is 0 Å². The summed E-state index contributed by atoms with van der Waals surface area (Å²) < 4.78 is 0. The Morgan fingerprint density at radius 1 is 0.938 bits per heavy atom. The van der Waals surface area contributed by atoms with Gasteiger partial charge >= 0.3 is 0 Å². The molecule has 0 aromatic rings. The van der Waals surface area contributed by atoms with E-state index in [1.807, 2.05) is 5.92 Å². The molecule has 0 amide bonds. The fraction of sp³-hybridized carbons (Fsp3) is 0.938. The molecule has 0 aromatic carbocycles. The first-order valence-electron chi connectivity index (χ1n) is 7.67. The van der Waals surface area contributed by atoms with Crippen molar-refractivity contribution >= 4 is 0 Å². The van der Waals surface area contributed by atoms with E-state index in [0.717, 1.165) is 23.7 Å². The molecule has 91 valence electrons. The SMILES string of the molecule is CC1CC1C[C](CC1CCC1)C1CCCC1. The molecule has 3 saturated carbocycles. The van der Waals surface area contributed by atoms with Crippen LogP contribution < -0.4 is 0 Å². The maximum absolute atomic E-state index is 2.44. The van der Waals surface area contributed by atoms with Gasteiger partial charge in [-0.05, 0) is 61.7 Å². The Hall–Kier alpha value is 0. The Morgan fingerprint density at radius 3 is 2.12 bits per heavy atom. The summed E-state index contributed by atoms with van der Waals surface area (Å²) in [5, 5.41) is 0. The van der Waals surface area contributed by atoms with Gasteiger partial charge in [-0.3, -0.25) is 0 Å². The lowest BCUT2D eigenvalue weighted by molar-refractivity contribution is 0.276. The van der Waals surface area contributed by atoms with Crippen LogP contribution in [0.5, 0.6) is 0 Å². The van der Waals surface area contributed by atoms with E-state index in [1.165, 1.54) is 64.2 Å². The molecular weight excluding hydrogens is 192 g/mol. The predicted octanol–water partition coefficient (Wildman–Crippen LogP) is 4.99. The van der Waals surface area contributed by atoms with Crippen LogP contribution in [0.15, 0.2) is 0 Å². The summed E-state index contributed by atoms with van der Waals surface area (Å²) in [4.78, 5) is 0. The molecule has 0 saturated heterocycles. The Balaban J connectivity index is 1.53. The van der Waals surface area contributed by atoms with Gasteiger partial charge in [-0.1, -0.05) is 39.0 Å². The Morgan fingerprint density at radius 2 is 1.62 bits per heavy atom. The molecule has 3 rings (SSSR count). The normalized spacial score (nSPS) is 35.6. The highest BCUT2D eigenvalue weighted by Gasteiger charge is 2.38. The monoisotopic (exact) mass is 219 g/mol. The lowest BCUT2D eigenvalue weighted by Gasteiger charge is -2.32. The van der Waals surface area contributed by atoms with E-state index in [4.69, 9.17) is 0 Å². The summed E-state index contributed by atoms with van der Waals surface area (Å²) in [6.45, 7) is 2.44. The van der Waals surface area contributed by atoms with Gasteiger partial charge in [-0.25, -0.2) is 0 Å². The molecular formula is C16H27. The van der Waals surface area contributed by atoms with Crippen molar-refractivity contribution in [2.45, 2.75) is 71.1 Å². The van der Waals surface area contributed by atoms with E-state index in [2.05, 4.69) is 6.92 Å². The number of rotatable bonds is 5. The van der Waals surface area contributed by atoms with Crippen LogP contribution in [0.4, 0.5) is 0 Å². The van der Waals surface area contributed by atoms with Gasteiger partial charge in [0.25, 0.3) is 0 Å². The molecule has 2 unspecified atom stereocenters. The highest BCUT2D eigenvalue weighted by atomic mass is 14.4. The first kappa shape index (κ1) is 11.1.